The number of carboxylic acids is 1. The molecule has 1 fully saturated rings. The van der Waals surface area contributed by atoms with Gasteiger partial charge >= 0.3 is 5.97 Å². The van der Waals surface area contributed by atoms with Crippen molar-refractivity contribution in [3.05, 3.63) is 0 Å². The van der Waals surface area contributed by atoms with Crippen molar-refractivity contribution in [3.8, 4) is 0 Å². The Balaban J connectivity index is 2.51. The predicted molar refractivity (Wildman–Crippen MR) is 71.0 cm³/mol. The molecule has 0 unspecified atom stereocenters. The quantitative estimate of drug-likeness (QED) is 0.759. The number of hydrogen-bond acceptors (Lipinski definition) is 4. The van der Waals surface area contributed by atoms with Crippen LogP contribution in [0.15, 0.2) is 0 Å². The van der Waals surface area contributed by atoms with Crippen LogP contribution in [0.1, 0.15) is 27.2 Å². The second-order valence-electron chi connectivity index (χ2n) is 5.70. The fourth-order valence-electron chi connectivity index (χ4n) is 2.36. The highest BCUT2D eigenvalue weighted by atomic mass is 16.5. The third kappa shape index (κ3) is 4.80. The smallest absolute Gasteiger partial charge is 0.323 e. The Kier molecular flexibility index (Phi) is 5.31. The van der Waals surface area contributed by atoms with Crippen LogP contribution in [0.2, 0.25) is 0 Å². The van der Waals surface area contributed by atoms with E-state index >= 15 is 0 Å². The van der Waals surface area contributed by atoms with Gasteiger partial charge in [-0.1, -0.05) is 0 Å². The van der Waals surface area contributed by atoms with Crippen LogP contribution >= 0.6 is 0 Å². The third-order valence-corrected chi connectivity index (χ3v) is 3.64. The topological polar surface area (TPSA) is 70.1 Å². The first kappa shape index (κ1) is 15.9. The fraction of sp³-hybridized carbons (Fsp3) is 0.846. The van der Waals surface area contributed by atoms with Crippen LogP contribution < -0.4 is 0 Å². The number of carbonyl (C=O) groups excluding carboxylic acids is 1. The first-order valence-corrected chi connectivity index (χ1v) is 6.54. The Morgan fingerprint density at radius 1 is 1.47 bits per heavy atom. The molecule has 1 atom stereocenters. The van der Waals surface area contributed by atoms with Gasteiger partial charge in [0.1, 0.15) is 6.54 Å². The van der Waals surface area contributed by atoms with Crippen molar-refractivity contribution in [2.24, 2.45) is 0 Å². The highest BCUT2D eigenvalue weighted by Crippen LogP contribution is 2.20. The number of amides is 1. The molecule has 1 heterocycles. The van der Waals surface area contributed by atoms with Gasteiger partial charge in [0.2, 0.25) is 5.91 Å². The van der Waals surface area contributed by atoms with Gasteiger partial charge in [0.05, 0.1) is 12.1 Å². The maximum absolute atomic E-state index is 11.9. The molecular formula is C13H24N2O4. The van der Waals surface area contributed by atoms with E-state index < -0.39 is 5.97 Å². The van der Waals surface area contributed by atoms with Crippen molar-refractivity contribution in [3.63, 3.8) is 0 Å². The lowest BCUT2D eigenvalue weighted by Crippen LogP contribution is -2.54. The van der Waals surface area contributed by atoms with E-state index in [2.05, 4.69) is 11.8 Å². The molecule has 6 nitrogen and oxygen atoms in total. The van der Waals surface area contributed by atoms with Crippen molar-refractivity contribution in [1.82, 2.24) is 9.80 Å². The molecule has 1 rings (SSSR count). The molecule has 0 radical (unpaired) electrons. The Morgan fingerprint density at radius 3 is 2.58 bits per heavy atom. The number of hydrogen-bond donors (Lipinski definition) is 1. The molecular weight excluding hydrogens is 248 g/mol. The predicted octanol–water partition coefficient (Wildman–Crippen LogP) is 0.419. The van der Waals surface area contributed by atoms with Crippen molar-refractivity contribution in [2.75, 3.05) is 33.3 Å². The summed E-state index contributed by atoms with van der Waals surface area (Å²) < 4.78 is 5.40. The van der Waals surface area contributed by atoms with E-state index in [9.17, 15) is 9.59 Å². The van der Waals surface area contributed by atoms with Crippen LogP contribution in [-0.4, -0.2) is 71.7 Å². The van der Waals surface area contributed by atoms with E-state index in [0.29, 0.717) is 13.1 Å². The molecule has 0 aromatic heterocycles. The minimum Gasteiger partial charge on any atom is -0.480 e. The van der Waals surface area contributed by atoms with Gasteiger partial charge in [-0.25, -0.2) is 0 Å². The highest BCUT2D eigenvalue weighted by Gasteiger charge is 2.30. The van der Waals surface area contributed by atoms with Crippen molar-refractivity contribution >= 4 is 11.9 Å². The largest absolute Gasteiger partial charge is 0.480 e. The summed E-state index contributed by atoms with van der Waals surface area (Å²) >= 11 is 0. The summed E-state index contributed by atoms with van der Waals surface area (Å²) in [5.41, 5.74) is -0.222. The molecule has 1 aliphatic heterocycles. The first-order valence-electron chi connectivity index (χ1n) is 6.54. The van der Waals surface area contributed by atoms with E-state index in [4.69, 9.17) is 9.84 Å². The summed E-state index contributed by atoms with van der Waals surface area (Å²) in [6.45, 7) is 7.38. The van der Waals surface area contributed by atoms with E-state index in [0.717, 1.165) is 6.42 Å². The zero-order valence-electron chi connectivity index (χ0n) is 12.2. The lowest BCUT2D eigenvalue weighted by Gasteiger charge is -2.39. The zero-order chi connectivity index (χ0) is 14.6. The van der Waals surface area contributed by atoms with E-state index in [1.165, 1.54) is 4.90 Å². The van der Waals surface area contributed by atoms with Crippen molar-refractivity contribution in [1.29, 1.82) is 0 Å². The summed E-state index contributed by atoms with van der Waals surface area (Å²) in [6.07, 6.45) is 0.829. The second-order valence-corrected chi connectivity index (χ2v) is 5.70. The standard InChI is InChI=1S/C13H24N2O4/c1-10(7-13(2,3)19-4)14-5-6-15(9-12(17)18)11(16)8-14/h10H,5-9H2,1-4H3,(H,17,18)/t10-/m0/s1. The molecule has 0 saturated carbocycles. The average molecular weight is 272 g/mol. The van der Waals surface area contributed by atoms with E-state index in [1.54, 1.807) is 7.11 Å². The minimum atomic E-state index is -0.963. The lowest BCUT2D eigenvalue weighted by molar-refractivity contribution is -0.147. The molecule has 1 amide bonds. The maximum Gasteiger partial charge on any atom is 0.323 e. The van der Waals surface area contributed by atoms with E-state index in [1.807, 2.05) is 13.8 Å². The molecule has 6 heteroatoms. The monoisotopic (exact) mass is 272 g/mol. The Bertz CT molecular complexity index is 344. The second kappa shape index (κ2) is 6.34. The number of nitrogens with zero attached hydrogens (tertiary/aromatic N) is 2. The number of carboxylic acid groups (broad SMARTS) is 1. The fourth-order valence-corrected chi connectivity index (χ4v) is 2.36. The third-order valence-electron chi connectivity index (χ3n) is 3.64. The molecule has 0 aromatic rings. The van der Waals surface area contributed by atoms with Crippen LogP contribution in [0.3, 0.4) is 0 Å². The summed E-state index contributed by atoms with van der Waals surface area (Å²) in [4.78, 5) is 26.0. The molecule has 19 heavy (non-hydrogen) atoms. The zero-order valence-corrected chi connectivity index (χ0v) is 12.2. The normalized spacial score (nSPS) is 19.6. The van der Waals surface area contributed by atoms with Gasteiger partial charge in [0.25, 0.3) is 0 Å². The molecule has 0 aromatic carbocycles. The highest BCUT2D eigenvalue weighted by molar-refractivity contribution is 5.83. The Labute approximate surface area is 114 Å². The molecule has 1 aliphatic rings. The van der Waals surface area contributed by atoms with Crippen LogP contribution in [-0.2, 0) is 14.3 Å². The molecule has 0 spiro atoms. The summed E-state index contributed by atoms with van der Waals surface area (Å²) in [6, 6.07) is 0.228. The number of piperazine rings is 1. The number of carbonyl (C=O) groups is 2. The van der Waals surface area contributed by atoms with Gasteiger partial charge < -0.3 is 14.7 Å². The number of aliphatic carboxylic acids is 1. The minimum absolute atomic E-state index is 0.115. The molecule has 1 saturated heterocycles. The Morgan fingerprint density at radius 2 is 2.11 bits per heavy atom. The SMILES string of the molecule is COC(C)(C)C[C@H](C)N1CCN(CC(=O)O)C(=O)C1. The summed E-state index contributed by atoms with van der Waals surface area (Å²) in [7, 11) is 1.68. The van der Waals surface area contributed by atoms with Crippen molar-refractivity contribution in [2.45, 2.75) is 38.8 Å². The summed E-state index contributed by atoms with van der Waals surface area (Å²) in [5.74, 6) is -1.08. The van der Waals surface area contributed by atoms with Gasteiger partial charge in [-0.2, -0.15) is 0 Å². The molecule has 1 N–H and O–H groups in total. The average Bonchev–Trinajstić information content (AvgIpc) is 2.30. The van der Waals surface area contributed by atoms with Gasteiger partial charge in [-0.05, 0) is 27.2 Å². The van der Waals surface area contributed by atoms with Gasteiger partial charge in [-0.3, -0.25) is 14.5 Å². The number of methoxy groups -OCH3 is 1. The molecule has 110 valence electrons. The number of rotatable bonds is 6. The van der Waals surface area contributed by atoms with Gasteiger partial charge in [0, 0.05) is 26.2 Å². The van der Waals surface area contributed by atoms with Gasteiger partial charge in [-0.15, -0.1) is 0 Å². The van der Waals surface area contributed by atoms with E-state index in [-0.39, 0.29) is 30.6 Å². The van der Waals surface area contributed by atoms with Crippen LogP contribution in [0.4, 0.5) is 0 Å². The van der Waals surface area contributed by atoms with Crippen LogP contribution in [0, 0.1) is 0 Å². The Hall–Kier alpha value is -1.14. The number of ether oxygens (including phenoxy) is 1. The van der Waals surface area contributed by atoms with Crippen LogP contribution in [0.5, 0.6) is 0 Å². The molecule has 0 bridgehead atoms. The lowest BCUT2D eigenvalue weighted by atomic mass is 9.98. The van der Waals surface area contributed by atoms with Crippen LogP contribution in [0.25, 0.3) is 0 Å². The maximum atomic E-state index is 11.9. The first-order chi connectivity index (χ1) is 8.75. The summed E-state index contributed by atoms with van der Waals surface area (Å²) in [5, 5.41) is 8.72. The van der Waals surface area contributed by atoms with Gasteiger partial charge in [0.15, 0.2) is 0 Å². The molecule has 0 aliphatic carbocycles. The van der Waals surface area contributed by atoms with Crippen molar-refractivity contribution < 1.29 is 19.4 Å².